The molecule has 0 saturated carbocycles. The number of nitrogens with zero attached hydrogens (tertiary/aromatic N) is 2. The maximum atomic E-state index is 9.57. The largest absolute Gasteiger partial charge is 0.381 e. The van der Waals surface area contributed by atoms with Crippen LogP contribution >= 0.6 is 27.3 Å². The van der Waals surface area contributed by atoms with E-state index < -0.39 is 5.41 Å². The molecule has 0 bridgehead atoms. The lowest BCUT2D eigenvalue weighted by molar-refractivity contribution is 0.0675. The highest BCUT2D eigenvalue weighted by Crippen LogP contribution is 2.37. The van der Waals surface area contributed by atoms with Crippen LogP contribution in [0.15, 0.2) is 34.1 Å². The molecule has 2 aromatic rings. The van der Waals surface area contributed by atoms with Gasteiger partial charge < -0.3 is 4.74 Å². The maximum Gasteiger partial charge on any atom is 0.114 e. The van der Waals surface area contributed by atoms with E-state index in [1.54, 1.807) is 11.3 Å². The Morgan fingerprint density at radius 2 is 1.95 bits per heavy atom. The Balaban J connectivity index is 1.93. The monoisotopic (exact) mass is 348 g/mol. The molecule has 20 heavy (non-hydrogen) atoms. The minimum Gasteiger partial charge on any atom is -0.381 e. The summed E-state index contributed by atoms with van der Waals surface area (Å²) in [5, 5.41) is 12.5. The molecule has 0 N–H and O–H groups in total. The molecule has 0 atom stereocenters. The minimum atomic E-state index is -0.462. The van der Waals surface area contributed by atoms with Gasteiger partial charge in [0.25, 0.3) is 0 Å². The lowest BCUT2D eigenvalue weighted by atomic mass is 9.82. The standard InChI is InChI=1S/C15H13BrN2OS/c16-12-3-1-11(2-4-12)13-9-20-14(18-13)15(10-17)5-7-19-8-6-15/h1-4,9H,5-8H2. The van der Waals surface area contributed by atoms with Crippen molar-refractivity contribution in [3.63, 3.8) is 0 Å². The average molecular weight is 349 g/mol. The normalized spacial score (nSPS) is 17.6. The number of thiazole rings is 1. The minimum absolute atomic E-state index is 0.462. The van der Waals surface area contributed by atoms with Crippen LogP contribution in [-0.4, -0.2) is 18.2 Å². The Kier molecular flexibility index (Phi) is 3.88. The molecule has 0 spiro atoms. The number of hydrogen-bond acceptors (Lipinski definition) is 4. The first-order valence-electron chi connectivity index (χ1n) is 6.44. The van der Waals surface area contributed by atoms with Gasteiger partial charge in [0, 0.05) is 28.6 Å². The Hall–Kier alpha value is -1.22. The predicted molar refractivity (Wildman–Crippen MR) is 82.6 cm³/mol. The second-order valence-electron chi connectivity index (χ2n) is 4.85. The molecule has 0 radical (unpaired) electrons. The lowest BCUT2D eigenvalue weighted by Crippen LogP contribution is -2.32. The van der Waals surface area contributed by atoms with E-state index in [9.17, 15) is 5.26 Å². The van der Waals surface area contributed by atoms with E-state index in [2.05, 4.69) is 22.0 Å². The fraction of sp³-hybridized carbons (Fsp3) is 0.333. The molecule has 0 aliphatic carbocycles. The van der Waals surface area contributed by atoms with Crippen molar-refractivity contribution in [2.45, 2.75) is 18.3 Å². The Morgan fingerprint density at radius 3 is 2.60 bits per heavy atom. The van der Waals surface area contributed by atoms with Crippen molar-refractivity contribution in [2.24, 2.45) is 0 Å². The van der Waals surface area contributed by atoms with Crippen LogP contribution in [-0.2, 0) is 10.2 Å². The van der Waals surface area contributed by atoms with Crippen LogP contribution in [0, 0.1) is 11.3 Å². The van der Waals surface area contributed by atoms with E-state index in [-0.39, 0.29) is 0 Å². The molecular formula is C15H13BrN2OS. The van der Waals surface area contributed by atoms with Gasteiger partial charge in [-0.05, 0) is 25.0 Å². The lowest BCUT2D eigenvalue weighted by Gasteiger charge is -2.28. The van der Waals surface area contributed by atoms with Crippen molar-refractivity contribution in [3.05, 3.63) is 39.1 Å². The van der Waals surface area contributed by atoms with Gasteiger partial charge in [-0.1, -0.05) is 28.1 Å². The van der Waals surface area contributed by atoms with E-state index in [1.165, 1.54) is 0 Å². The summed E-state index contributed by atoms with van der Waals surface area (Å²) < 4.78 is 6.42. The summed E-state index contributed by atoms with van der Waals surface area (Å²) in [6, 6.07) is 10.5. The third kappa shape index (κ3) is 2.51. The Morgan fingerprint density at radius 1 is 1.25 bits per heavy atom. The molecule has 102 valence electrons. The van der Waals surface area contributed by atoms with E-state index in [0.717, 1.165) is 33.6 Å². The highest BCUT2D eigenvalue weighted by atomic mass is 79.9. The van der Waals surface area contributed by atoms with E-state index in [1.807, 2.05) is 29.6 Å². The van der Waals surface area contributed by atoms with E-state index in [4.69, 9.17) is 9.72 Å². The first-order valence-corrected chi connectivity index (χ1v) is 8.12. The van der Waals surface area contributed by atoms with Crippen molar-refractivity contribution < 1.29 is 4.74 Å². The van der Waals surface area contributed by atoms with Crippen molar-refractivity contribution in [2.75, 3.05) is 13.2 Å². The van der Waals surface area contributed by atoms with Crippen molar-refractivity contribution >= 4 is 27.3 Å². The van der Waals surface area contributed by atoms with Gasteiger partial charge in [-0.2, -0.15) is 5.26 Å². The summed E-state index contributed by atoms with van der Waals surface area (Å²) in [5.41, 5.74) is 1.56. The Labute approximate surface area is 130 Å². The zero-order valence-electron chi connectivity index (χ0n) is 10.8. The SMILES string of the molecule is N#CC1(c2nc(-c3ccc(Br)cc3)cs2)CCOCC1. The average Bonchev–Trinajstić information content (AvgIpc) is 2.99. The Bertz CT molecular complexity index is 639. The zero-order valence-corrected chi connectivity index (χ0v) is 13.2. The molecule has 3 nitrogen and oxygen atoms in total. The topological polar surface area (TPSA) is 45.9 Å². The summed E-state index contributed by atoms with van der Waals surface area (Å²) in [6.07, 6.45) is 1.47. The third-order valence-electron chi connectivity index (χ3n) is 3.61. The summed E-state index contributed by atoms with van der Waals surface area (Å²) in [4.78, 5) is 4.70. The molecule has 1 saturated heterocycles. The second kappa shape index (κ2) is 5.65. The molecule has 1 aromatic heterocycles. The number of hydrogen-bond donors (Lipinski definition) is 0. The molecule has 1 aliphatic rings. The molecule has 1 aliphatic heterocycles. The van der Waals surface area contributed by atoms with Gasteiger partial charge in [0.2, 0.25) is 0 Å². The van der Waals surface area contributed by atoms with Gasteiger partial charge in [0.05, 0.1) is 11.8 Å². The number of rotatable bonds is 2. The highest BCUT2D eigenvalue weighted by molar-refractivity contribution is 9.10. The van der Waals surface area contributed by atoms with Crippen LogP contribution in [0.2, 0.25) is 0 Å². The van der Waals surface area contributed by atoms with Crippen LogP contribution in [0.3, 0.4) is 0 Å². The van der Waals surface area contributed by atoms with Gasteiger partial charge in [-0.15, -0.1) is 11.3 Å². The molecule has 5 heteroatoms. The highest BCUT2D eigenvalue weighted by Gasteiger charge is 2.37. The van der Waals surface area contributed by atoms with Crippen molar-refractivity contribution in [1.29, 1.82) is 5.26 Å². The van der Waals surface area contributed by atoms with Gasteiger partial charge in [0.15, 0.2) is 0 Å². The fourth-order valence-electron chi connectivity index (χ4n) is 2.34. The summed E-state index contributed by atoms with van der Waals surface area (Å²) >= 11 is 5.01. The fourth-order valence-corrected chi connectivity index (χ4v) is 3.64. The van der Waals surface area contributed by atoms with Crippen LogP contribution < -0.4 is 0 Å². The van der Waals surface area contributed by atoms with Gasteiger partial charge >= 0.3 is 0 Å². The molecule has 0 unspecified atom stereocenters. The van der Waals surface area contributed by atoms with Crippen molar-refractivity contribution in [3.8, 4) is 17.3 Å². The smallest absolute Gasteiger partial charge is 0.114 e. The summed E-state index contributed by atoms with van der Waals surface area (Å²) in [6.45, 7) is 1.28. The second-order valence-corrected chi connectivity index (χ2v) is 6.62. The first kappa shape index (κ1) is 13.7. The van der Waals surface area contributed by atoms with Crippen LogP contribution in [0.5, 0.6) is 0 Å². The maximum absolute atomic E-state index is 9.57. The predicted octanol–water partition coefficient (Wildman–Crippen LogP) is 4.14. The quantitative estimate of drug-likeness (QED) is 0.818. The number of nitriles is 1. The zero-order chi connectivity index (χ0) is 14.0. The van der Waals surface area contributed by atoms with Crippen LogP contribution in [0.25, 0.3) is 11.3 Å². The number of halogens is 1. The van der Waals surface area contributed by atoms with Gasteiger partial charge in [0.1, 0.15) is 10.4 Å². The summed E-state index contributed by atoms with van der Waals surface area (Å²) in [7, 11) is 0. The number of ether oxygens (including phenoxy) is 1. The molecule has 3 rings (SSSR count). The molecule has 1 aromatic carbocycles. The number of aromatic nitrogens is 1. The van der Waals surface area contributed by atoms with E-state index >= 15 is 0 Å². The van der Waals surface area contributed by atoms with Crippen molar-refractivity contribution in [1.82, 2.24) is 4.98 Å². The van der Waals surface area contributed by atoms with Gasteiger partial charge in [-0.25, -0.2) is 4.98 Å². The van der Waals surface area contributed by atoms with Crippen LogP contribution in [0.4, 0.5) is 0 Å². The molecular weight excluding hydrogens is 336 g/mol. The number of benzene rings is 1. The van der Waals surface area contributed by atoms with Crippen LogP contribution in [0.1, 0.15) is 17.8 Å². The third-order valence-corrected chi connectivity index (χ3v) is 5.19. The molecule has 2 heterocycles. The first-order chi connectivity index (χ1) is 9.73. The summed E-state index contributed by atoms with van der Waals surface area (Å²) in [5.74, 6) is 0. The molecule has 1 fully saturated rings. The molecule has 0 amide bonds. The van der Waals surface area contributed by atoms with E-state index in [0.29, 0.717) is 13.2 Å². The van der Waals surface area contributed by atoms with Gasteiger partial charge in [-0.3, -0.25) is 0 Å².